The van der Waals surface area contributed by atoms with E-state index in [1.54, 1.807) is 43.3 Å². The maximum atomic E-state index is 12.9. The molecule has 1 unspecified atom stereocenters. The summed E-state index contributed by atoms with van der Waals surface area (Å²) in [4.78, 5) is 25.3. The van der Waals surface area contributed by atoms with Crippen molar-refractivity contribution in [2.45, 2.75) is 31.8 Å². The topological polar surface area (TPSA) is 120 Å². The molecule has 2 N–H and O–H groups in total. The second kappa shape index (κ2) is 9.67. The number of esters is 1. The van der Waals surface area contributed by atoms with Gasteiger partial charge in [-0.25, -0.2) is 13.2 Å². The van der Waals surface area contributed by atoms with E-state index in [1.165, 1.54) is 25.1 Å². The minimum atomic E-state index is -3.95. The van der Waals surface area contributed by atoms with Crippen LogP contribution in [0.4, 0.5) is 11.4 Å². The van der Waals surface area contributed by atoms with Gasteiger partial charge < -0.3 is 19.5 Å². The maximum absolute atomic E-state index is 12.9. The van der Waals surface area contributed by atoms with Crippen molar-refractivity contribution in [2.75, 3.05) is 16.8 Å². The summed E-state index contributed by atoms with van der Waals surface area (Å²) < 4.78 is 44.1. The van der Waals surface area contributed by atoms with Gasteiger partial charge in [0, 0.05) is 17.4 Å². The molecule has 0 saturated heterocycles. The predicted molar refractivity (Wildman–Crippen MR) is 129 cm³/mol. The fourth-order valence-corrected chi connectivity index (χ4v) is 4.48. The summed E-state index contributed by atoms with van der Waals surface area (Å²) in [5.41, 5.74) is 2.30. The average Bonchev–Trinajstić information content (AvgIpc) is 3.26. The molecule has 0 radical (unpaired) electrons. The summed E-state index contributed by atoms with van der Waals surface area (Å²) in [5, 5.41) is 2.65. The molecule has 35 heavy (non-hydrogen) atoms. The maximum Gasteiger partial charge on any atom is 0.339 e. The van der Waals surface area contributed by atoms with Crippen LogP contribution in [0.15, 0.2) is 65.6 Å². The van der Waals surface area contributed by atoms with Crippen molar-refractivity contribution in [2.24, 2.45) is 0 Å². The highest BCUT2D eigenvalue weighted by atomic mass is 32.2. The molecule has 4 rings (SSSR count). The van der Waals surface area contributed by atoms with Crippen molar-refractivity contribution in [3.05, 3.63) is 77.4 Å². The van der Waals surface area contributed by atoms with Crippen LogP contribution in [0.1, 0.15) is 28.4 Å². The zero-order valence-electron chi connectivity index (χ0n) is 19.3. The first-order valence-corrected chi connectivity index (χ1v) is 12.2. The summed E-state index contributed by atoms with van der Waals surface area (Å²) >= 11 is 0. The van der Waals surface area contributed by atoms with Crippen LogP contribution in [0.25, 0.3) is 0 Å². The van der Waals surface area contributed by atoms with E-state index in [2.05, 4.69) is 10.0 Å². The van der Waals surface area contributed by atoms with Gasteiger partial charge in [-0.1, -0.05) is 18.2 Å². The quantitative estimate of drug-likeness (QED) is 0.474. The SMILES string of the molecule is Cc1cccc(NS(=O)(=O)c2ccc(C)c(C(=O)OC(C)C(=O)Nc3ccc4c(c3)OCO4)c2)c1. The number of aryl methyl sites for hydroxylation is 2. The third-order valence-corrected chi connectivity index (χ3v) is 6.68. The Morgan fingerprint density at radius 2 is 1.71 bits per heavy atom. The van der Waals surface area contributed by atoms with E-state index in [0.717, 1.165) is 5.56 Å². The summed E-state index contributed by atoms with van der Waals surface area (Å²) in [5.74, 6) is -0.298. The van der Waals surface area contributed by atoms with E-state index < -0.39 is 28.0 Å². The number of hydrogen-bond acceptors (Lipinski definition) is 7. The molecule has 9 nitrogen and oxygen atoms in total. The lowest BCUT2D eigenvalue weighted by Crippen LogP contribution is -2.30. The van der Waals surface area contributed by atoms with Crippen molar-refractivity contribution in [3.8, 4) is 11.5 Å². The lowest BCUT2D eigenvalue weighted by atomic mass is 10.1. The van der Waals surface area contributed by atoms with Gasteiger partial charge in [-0.2, -0.15) is 0 Å². The zero-order valence-corrected chi connectivity index (χ0v) is 20.1. The molecule has 0 aliphatic carbocycles. The van der Waals surface area contributed by atoms with E-state index in [9.17, 15) is 18.0 Å². The number of carbonyl (C=O) groups is 2. The van der Waals surface area contributed by atoms with E-state index in [0.29, 0.717) is 28.4 Å². The number of benzene rings is 3. The van der Waals surface area contributed by atoms with Crippen LogP contribution in [-0.2, 0) is 19.6 Å². The Balaban J connectivity index is 1.46. The summed E-state index contributed by atoms with van der Waals surface area (Å²) in [6, 6.07) is 16.0. The monoisotopic (exact) mass is 496 g/mol. The molecular formula is C25H24N2O7S. The molecule has 0 saturated carbocycles. The minimum Gasteiger partial charge on any atom is -0.454 e. The van der Waals surface area contributed by atoms with Gasteiger partial charge in [0.05, 0.1) is 10.5 Å². The fraction of sp³-hybridized carbons (Fsp3) is 0.200. The standard InChI is InChI=1S/C25H24N2O7S/c1-15-5-4-6-19(11-15)27-35(30,31)20-9-7-16(2)21(13-20)25(29)34-17(3)24(28)26-18-8-10-22-23(12-18)33-14-32-22/h4-13,17,27H,14H2,1-3H3,(H,26,28). The fourth-order valence-electron chi connectivity index (χ4n) is 3.41. The Hall–Kier alpha value is -4.05. The van der Waals surface area contributed by atoms with E-state index in [-0.39, 0.29) is 17.3 Å². The predicted octanol–water partition coefficient (Wildman–Crippen LogP) is 4.02. The van der Waals surface area contributed by atoms with Crippen LogP contribution < -0.4 is 19.5 Å². The number of carbonyl (C=O) groups excluding carboxylic acids is 2. The van der Waals surface area contributed by atoms with Gasteiger partial charge in [-0.15, -0.1) is 0 Å². The molecule has 10 heteroatoms. The lowest BCUT2D eigenvalue weighted by Gasteiger charge is -2.15. The second-order valence-corrected chi connectivity index (χ2v) is 9.74. The van der Waals surface area contributed by atoms with Gasteiger partial charge in [-0.3, -0.25) is 9.52 Å². The van der Waals surface area contributed by atoms with Crippen LogP contribution in [0.3, 0.4) is 0 Å². The van der Waals surface area contributed by atoms with Gasteiger partial charge in [0.15, 0.2) is 17.6 Å². The first-order valence-electron chi connectivity index (χ1n) is 10.7. The third-order valence-electron chi connectivity index (χ3n) is 5.30. The number of ether oxygens (including phenoxy) is 3. The van der Waals surface area contributed by atoms with Crippen molar-refractivity contribution >= 4 is 33.3 Å². The molecule has 1 atom stereocenters. The molecule has 0 spiro atoms. The molecule has 0 fully saturated rings. The number of anilines is 2. The van der Waals surface area contributed by atoms with Crippen molar-refractivity contribution < 1.29 is 32.2 Å². The molecule has 3 aromatic carbocycles. The number of rotatable bonds is 7. The van der Waals surface area contributed by atoms with Crippen LogP contribution >= 0.6 is 0 Å². The third kappa shape index (κ3) is 5.55. The van der Waals surface area contributed by atoms with Crippen molar-refractivity contribution in [1.29, 1.82) is 0 Å². The molecular weight excluding hydrogens is 472 g/mol. The number of hydrogen-bond donors (Lipinski definition) is 2. The van der Waals surface area contributed by atoms with Gasteiger partial charge in [0.2, 0.25) is 6.79 Å². The molecule has 1 heterocycles. The molecule has 3 aromatic rings. The van der Waals surface area contributed by atoms with Crippen LogP contribution in [0.5, 0.6) is 11.5 Å². The normalized spacial score (nSPS) is 13.1. The highest BCUT2D eigenvalue weighted by molar-refractivity contribution is 7.92. The number of amides is 1. The Morgan fingerprint density at radius 1 is 0.943 bits per heavy atom. The van der Waals surface area contributed by atoms with Gasteiger partial charge in [-0.05, 0) is 68.3 Å². The first-order chi connectivity index (χ1) is 16.6. The van der Waals surface area contributed by atoms with Gasteiger partial charge >= 0.3 is 5.97 Å². The molecule has 1 aliphatic heterocycles. The van der Waals surface area contributed by atoms with Crippen molar-refractivity contribution in [1.82, 2.24) is 0 Å². The first kappa shape index (κ1) is 24.1. The van der Waals surface area contributed by atoms with Crippen molar-refractivity contribution in [3.63, 3.8) is 0 Å². The Morgan fingerprint density at radius 3 is 2.49 bits per heavy atom. The lowest BCUT2D eigenvalue weighted by molar-refractivity contribution is -0.123. The van der Waals surface area contributed by atoms with Crippen LogP contribution in [-0.4, -0.2) is 33.2 Å². The van der Waals surface area contributed by atoms with Gasteiger partial charge in [0.1, 0.15) is 0 Å². The zero-order chi connectivity index (χ0) is 25.2. The number of nitrogens with one attached hydrogen (secondary N) is 2. The average molecular weight is 497 g/mol. The number of sulfonamides is 1. The molecule has 1 aliphatic rings. The number of fused-ring (bicyclic) bond motifs is 1. The highest BCUT2D eigenvalue weighted by Gasteiger charge is 2.24. The molecule has 0 aromatic heterocycles. The van der Waals surface area contributed by atoms with E-state index >= 15 is 0 Å². The Bertz CT molecular complexity index is 1400. The van der Waals surface area contributed by atoms with Crippen LogP contribution in [0.2, 0.25) is 0 Å². The highest BCUT2D eigenvalue weighted by Crippen LogP contribution is 2.34. The van der Waals surface area contributed by atoms with Gasteiger partial charge in [0.25, 0.3) is 15.9 Å². The Labute approximate surface area is 203 Å². The summed E-state index contributed by atoms with van der Waals surface area (Å²) in [7, 11) is -3.95. The summed E-state index contributed by atoms with van der Waals surface area (Å²) in [6.45, 7) is 5.03. The van der Waals surface area contributed by atoms with E-state index in [4.69, 9.17) is 14.2 Å². The van der Waals surface area contributed by atoms with Crippen LogP contribution in [0, 0.1) is 13.8 Å². The minimum absolute atomic E-state index is 0.0415. The second-order valence-electron chi connectivity index (χ2n) is 8.06. The van der Waals surface area contributed by atoms with E-state index in [1.807, 2.05) is 13.0 Å². The molecule has 1 amide bonds. The largest absolute Gasteiger partial charge is 0.454 e. The smallest absolute Gasteiger partial charge is 0.339 e. The molecule has 182 valence electrons. The summed E-state index contributed by atoms with van der Waals surface area (Å²) in [6.07, 6.45) is -1.14. The Kier molecular flexibility index (Phi) is 6.65. The molecule has 0 bridgehead atoms.